The Morgan fingerprint density at radius 2 is 2.27 bits per heavy atom. The van der Waals surface area contributed by atoms with E-state index in [0.717, 1.165) is 13.0 Å². The van der Waals surface area contributed by atoms with Gasteiger partial charge in [-0.15, -0.1) is 0 Å². The number of hydrogen-bond donors (Lipinski definition) is 1. The highest BCUT2D eigenvalue weighted by Gasteiger charge is 2.36. The van der Waals surface area contributed by atoms with Crippen LogP contribution in [-0.4, -0.2) is 4.57 Å². The molecule has 1 heterocycles. The van der Waals surface area contributed by atoms with E-state index in [1.165, 1.54) is 19.3 Å². The molecule has 1 aliphatic carbocycles. The highest BCUT2D eigenvalue weighted by molar-refractivity contribution is 5.33. The second kappa shape index (κ2) is 3.72. The number of nitrogens with zero attached hydrogens (tertiary/aromatic N) is 1. The third kappa shape index (κ3) is 2.41. The molecule has 1 aromatic heterocycles. The zero-order chi connectivity index (χ0) is 10.9. The van der Waals surface area contributed by atoms with Gasteiger partial charge in [0.15, 0.2) is 0 Å². The van der Waals surface area contributed by atoms with Crippen molar-refractivity contribution in [2.24, 2.45) is 5.41 Å². The summed E-state index contributed by atoms with van der Waals surface area (Å²) in [6, 6.07) is 3.48. The molecule has 1 aliphatic rings. The molecule has 2 N–H and O–H groups in total. The van der Waals surface area contributed by atoms with E-state index >= 15 is 0 Å². The summed E-state index contributed by atoms with van der Waals surface area (Å²) in [6.45, 7) is 3.11. The smallest absolute Gasteiger partial charge is 0.273 e. The maximum Gasteiger partial charge on any atom is 0.273 e. The number of aromatic nitrogens is 1. The first kappa shape index (κ1) is 10.3. The predicted octanol–water partition coefficient (Wildman–Crippen LogP) is 2.01. The molecule has 0 radical (unpaired) electrons. The Kier molecular flexibility index (Phi) is 2.55. The van der Waals surface area contributed by atoms with Crippen LogP contribution >= 0.6 is 0 Å². The van der Waals surface area contributed by atoms with Gasteiger partial charge in [0.25, 0.3) is 5.56 Å². The van der Waals surface area contributed by atoms with Gasteiger partial charge in [-0.3, -0.25) is 4.79 Å². The fraction of sp³-hybridized carbons (Fsp3) is 0.583. The Morgan fingerprint density at radius 3 is 2.93 bits per heavy atom. The van der Waals surface area contributed by atoms with Crippen molar-refractivity contribution in [3.05, 3.63) is 28.7 Å². The number of rotatable bonds is 4. The molecule has 1 saturated carbocycles. The van der Waals surface area contributed by atoms with Crippen molar-refractivity contribution in [3.8, 4) is 0 Å². The van der Waals surface area contributed by atoms with Crippen molar-refractivity contribution in [1.82, 2.24) is 4.57 Å². The number of aryl methyl sites for hydroxylation is 1. The summed E-state index contributed by atoms with van der Waals surface area (Å²) >= 11 is 0. The molecular formula is C12H18N2O. The maximum atomic E-state index is 11.6. The predicted molar refractivity (Wildman–Crippen MR) is 61.7 cm³/mol. The van der Waals surface area contributed by atoms with Crippen LogP contribution in [0.15, 0.2) is 23.1 Å². The lowest BCUT2D eigenvalue weighted by Crippen LogP contribution is -2.22. The minimum absolute atomic E-state index is 0.0570. The first-order valence-electron chi connectivity index (χ1n) is 5.56. The Hall–Kier alpha value is -1.25. The van der Waals surface area contributed by atoms with E-state index in [4.69, 9.17) is 5.73 Å². The van der Waals surface area contributed by atoms with Crippen LogP contribution in [0.3, 0.4) is 0 Å². The molecule has 0 spiro atoms. The molecule has 1 aromatic rings. The van der Waals surface area contributed by atoms with Crippen molar-refractivity contribution < 1.29 is 0 Å². The quantitative estimate of drug-likeness (QED) is 0.819. The molecular weight excluding hydrogens is 188 g/mol. The minimum Gasteiger partial charge on any atom is -0.394 e. The summed E-state index contributed by atoms with van der Waals surface area (Å²) in [4.78, 5) is 11.6. The minimum atomic E-state index is -0.0570. The molecule has 0 aliphatic heterocycles. The summed E-state index contributed by atoms with van der Waals surface area (Å²) in [7, 11) is 0. The molecule has 0 bridgehead atoms. The highest BCUT2D eigenvalue weighted by atomic mass is 16.1. The van der Waals surface area contributed by atoms with Crippen molar-refractivity contribution in [3.63, 3.8) is 0 Å². The van der Waals surface area contributed by atoms with Crippen LogP contribution in [0.5, 0.6) is 0 Å². The summed E-state index contributed by atoms with van der Waals surface area (Å²) in [5.74, 6) is 0. The van der Waals surface area contributed by atoms with Crippen molar-refractivity contribution >= 4 is 5.69 Å². The van der Waals surface area contributed by atoms with Gasteiger partial charge in [0, 0.05) is 12.7 Å². The monoisotopic (exact) mass is 206 g/mol. The van der Waals surface area contributed by atoms with Gasteiger partial charge in [-0.25, -0.2) is 0 Å². The highest BCUT2D eigenvalue weighted by Crippen LogP contribution is 2.48. The van der Waals surface area contributed by atoms with Crippen LogP contribution in [0.1, 0.15) is 32.6 Å². The van der Waals surface area contributed by atoms with Gasteiger partial charge >= 0.3 is 0 Å². The molecule has 3 nitrogen and oxygen atoms in total. The van der Waals surface area contributed by atoms with Crippen LogP contribution in [0.2, 0.25) is 0 Å². The zero-order valence-corrected chi connectivity index (χ0v) is 9.20. The van der Waals surface area contributed by atoms with Crippen LogP contribution in [0.4, 0.5) is 5.69 Å². The van der Waals surface area contributed by atoms with Crippen LogP contribution < -0.4 is 11.3 Å². The van der Waals surface area contributed by atoms with Gasteiger partial charge < -0.3 is 10.3 Å². The zero-order valence-electron chi connectivity index (χ0n) is 9.20. The molecule has 82 valence electrons. The average Bonchev–Trinajstić information content (AvgIpc) is 2.92. The number of anilines is 1. The van der Waals surface area contributed by atoms with Gasteiger partial charge in [-0.2, -0.15) is 0 Å². The largest absolute Gasteiger partial charge is 0.394 e. The summed E-state index contributed by atoms with van der Waals surface area (Å²) in [6.07, 6.45) is 6.79. The lowest BCUT2D eigenvalue weighted by Gasteiger charge is -2.09. The number of nitrogen functional groups attached to an aromatic ring is 1. The topological polar surface area (TPSA) is 48.0 Å². The fourth-order valence-electron chi connectivity index (χ4n) is 1.87. The summed E-state index contributed by atoms with van der Waals surface area (Å²) < 4.78 is 1.71. The Labute approximate surface area is 89.9 Å². The Morgan fingerprint density at radius 1 is 1.53 bits per heavy atom. The van der Waals surface area contributed by atoms with E-state index in [1.54, 1.807) is 10.6 Å². The maximum absolute atomic E-state index is 11.6. The van der Waals surface area contributed by atoms with Crippen LogP contribution in [0, 0.1) is 5.41 Å². The molecule has 1 fully saturated rings. The number of pyridine rings is 1. The van der Waals surface area contributed by atoms with E-state index in [1.807, 2.05) is 12.3 Å². The van der Waals surface area contributed by atoms with E-state index in [0.29, 0.717) is 11.1 Å². The molecule has 15 heavy (non-hydrogen) atoms. The molecule has 3 heteroatoms. The summed E-state index contributed by atoms with van der Waals surface area (Å²) in [5, 5.41) is 0. The van der Waals surface area contributed by atoms with Gasteiger partial charge in [-0.1, -0.05) is 6.92 Å². The third-order valence-corrected chi connectivity index (χ3v) is 3.33. The van der Waals surface area contributed by atoms with Crippen molar-refractivity contribution in [1.29, 1.82) is 0 Å². The third-order valence-electron chi connectivity index (χ3n) is 3.33. The number of hydrogen-bond acceptors (Lipinski definition) is 2. The standard InChI is InChI=1S/C12H18N2O/c1-12(6-7-12)5-3-9-14-8-2-4-10(13)11(14)15/h2,4,8H,3,5-7,9,13H2,1H3. The first-order chi connectivity index (χ1) is 7.11. The molecule has 2 rings (SSSR count). The SMILES string of the molecule is CC1(CCCn2cccc(N)c2=O)CC1. The lowest BCUT2D eigenvalue weighted by molar-refractivity contribution is 0.461. The first-order valence-corrected chi connectivity index (χ1v) is 5.56. The lowest BCUT2D eigenvalue weighted by atomic mass is 10.0. The Balaban J connectivity index is 1.93. The summed E-state index contributed by atoms with van der Waals surface area (Å²) in [5.41, 5.74) is 6.42. The van der Waals surface area contributed by atoms with Crippen molar-refractivity contribution in [2.75, 3.05) is 5.73 Å². The van der Waals surface area contributed by atoms with Crippen LogP contribution in [0.25, 0.3) is 0 Å². The molecule has 0 saturated heterocycles. The normalized spacial score (nSPS) is 17.7. The molecule has 0 atom stereocenters. The number of nitrogens with two attached hydrogens (primary N) is 1. The molecule has 0 aromatic carbocycles. The van der Waals surface area contributed by atoms with Gasteiger partial charge in [0.2, 0.25) is 0 Å². The fourth-order valence-corrected chi connectivity index (χ4v) is 1.87. The molecule has 0 amide bonds. The Bertz CT molecular complexity index is 404. The second-order valence-corrected chi connectivity index (χ2v) is 4.88. The van der Waals surface area contributed by atoms with E-state index in [2.05, 4.69) is 6.92 Å². The van der Waals surface area contributed by atoms with Crippen molar-refractivity contribution in [2.45, 2.75) is 39.2 Å². The average molecular weight is 206 g/mol. The van der Waals surface area contributed by atoms with Gasteiger partial charge in [0.05, 0.1) is 5.69 Å². The van der Waals surface area contributed by atoms with Gasteiger partial charge in [0.1, 0.15) is 0 Å². The van der Waals surface area contributed by atoms with Gasteiger partial charge in [-0.05, 0) is 43.2 Å². The van der Waals surface area contributed by atoms with E-state index in [-0.39, 0.29) is 5.56 Å². The van der Waals surface area contributed by atoms with Crippen LogP contribution in [-0.2, 0) is 6.54 Å². The second-order valence-electron chi connectivity index (χ2n) is 4.88. The molecule has 0 unspecified atom stereocenters. The van der Waals surface area contributed by atoms with E-state index in [9.17, 15) is 4.79 Å². The van der Waals surface area contributed by atoms with E-state index < -0.39 is 0 Å².